The maximum Gasteiger partial charge on any atom is 0.191 e. The van der Waals surface area contributed by atoms with Crippen molar-refractivity contribution in [3.63, 3.8) is 0 Å². The molecule has 2 N–H and O–H groups in total. The van der Waals surface area contributed by atoms with Crippen molar-refractivity contribution in [1.29, 1.82) is 0 Å². The Labute approximate surface area is 105 Å². The molecular weight excluding hydrogens is 210 g/mol. The standard InChI is InChI=1S/C14H27N3/c15-14(17-11-5-2-6-12-17)16-10-9-13-7-3-1-4-8-13/h13H,1-12H2,(H2,15,16). The Hall–Kier alpha value is -0.730. The summed E-state index contributed by atoms with van der Waals surface area (Å²) in [5.41, 5.74) is 6.04. The highest BCUT2D eigenvalue weighted by Crippen LogP contribution is 2.26. The third-order valence-electron chi connectivity index (χ3n) is 4.22. The maximum atomic E-state index is 6.04. The maximum absolute atomic E-state index is 6.04. The smallest absolute Gasteiger partial charge is 0.191 e. The predicted molar refractivity (Wildman–Crippen MR) is 73.1 cm³/mol. The summed E-state index contributed by atoms with van der Waals surface area (Å²) in [4.78, 5) is 6.82. The molecule has 1 saturated carbocycles. The van der Waals surface area contributed by atoms with Crippen LogP contribution in [0.25, 0.3) is 0 Å². The molecule has 0 aromatic carbocycles. The SMILES string of the molecule is NC(=NCCC1CCCCC1)N1CCCCC1. The largest absolute Gasteiger partial charge is 0.370 e. The second-order valence-corrected chi connectivity index (χ2v) is 5.58. The molecule has 3 heteroatoms. The Kier molecular flexibility index (Phi) is 5.14. The van der Waals surface area contributed by atoms with Crippen LogP contribution in [-0.2, 0) is 0 Å². The second-order valence-electron chi connectivity index (χ2n) is 5.58. The summed E-state index contributed by atoms with van der Waals surface area (Å²) in [7, 11) is 0. The van der Waals surface area contributed by atoms with E-state index < -0.39 is 0 Å². The van der Waals surface area contributed by atoms with Gasteiger partial charge in [-0.15, -0.1) is 0 Å². The van der Waals surface area contributed by atoms with Crippen LogP contribution in [0.1, 0.15) is 57.8 Å². The van der Waals surface area contributed by atoms with E-state index in [4.69, 9.17) is 5.73 Å². The first-order chi connectivity index (χ1) is 8.36. The van der Waals surface area contributed by atoms with E-state index in [1.165, 1.54) is 57.8 Å². The van der Waals surface area contributed by atoms with Crippen LogP contribution in [0.15, 0.2) is 4.99 Å². The zero-order valence-electron chi connectivity index (χ0n) is 11.0. The summed E-state index contributed by atoms with van der Waals surface area (Å²) in [6, 6.07) is 0. The first-order valence-corrected chi connectivity index (χ1v) is 7.41. The van der Waals surface area contributed by atoms with Crippen LogP contribution >= 0.6 is 0 Å². The van der Waals surface area contributed by atoms with Gasteiger partial charge in [0.05, 0.1) is 0 Å². The van der Waals surface area contributed by atoms with Crippen LogP contribution in [0.5, 0.6) is 0 Å². The van der Waals surface area contributed by atoms with Gasteiger partial charge in [0.15, 0.2) is 5.96 Å². The molecule has 0 bridgehead atoms. The van der Waals surface area contributed by atoms with Crippen molar-refractivity contribution in [2.45, 2.75) is 57.8 Å². The van der Waals surface area contributed by atoms with Gasteiger partial charge in [0.1, 0.15) is 0 Å². The van der Waals surface area contributed by atoms with E-state index in [1.807, 2.05) is 0 Å². The minimum Gasteiger partial charge on any atom is -0.370 e. The van der Waals surface area contributed by atoms with Crippen molar-refractivity contribution in [3.05, 3.63) is 0 Å². The fourth-order valence-electron chi connectivity index (χ4n) is 3.06. The highest BCUT2D eigenvalue weighted by atomic mass is 15.2. The highest BCUT2D eigenvalue weighted by molar-refractivity contribution is 5.78. The zero-order valence-corrected chi connectivity index (χ0v) is 11.0. The average Bonchev–Trinajstić information content (AvgIpc) is 2.41. The molecule has 1 aliphatic heterocycles. The van der Waals surface area contributed by atoms with E-state index in [0.717, 1.165) is 31.5 Å². The fourth-order valence-corrected chi connectivity index (χ4v) is 3.06. The van der Waals surface area contributed by atoms with Gasteiger partial charge in [0.2, 0.25) is 0 Å². The van der Waals surface area contributed by atoms with Crippen molar-refractivity contribution in [3.8, 4) is 0 Å². The lowest BCUT2D eigenvalue weighted by Crippen LogP contribution is -2.41. The minimum atomic E-state index is 0.792. The number of hydrogen-bond donors (Lipinski definition) is 1. The van der Waals surface area contributed by atoms with E-state index in [-0.39, 0.29) is 0 Å². The van der Waals surface area contributed by atoms with Gasteiger partial charge in [0, 0.05) is 19.6 Å². The Morgan fingerprint density at radius 2 is 1.65 bits per heavy atom. The first kappa shape index (κ1) is 12.7. The van der Waals surface area contributed by atoms with Crippen molar-refractivity contribution in [2.75, 3.05) is 19.6 Å². The van der Waals surface area contributed by atoms with Gasteiger partial charge >= 0.3 is 0 Å². The van der Waals surface area contributed by atoms with E-state index in [0.29, 0.717) is 0 Å². The molecule has 3 nitrogen and oxygen atoms in total. The summed E-state index contributed by atoms with van der Waals surface area (Å²) in [6.45, 7) is 3.16. The number of piperidine rings is 1. The van der Waals surface area contributed by atoms with Crippen molar-refractivity contribution in [2.24, 2.45) is 16.6 Å². The number of nitrogens with two attached hydrogens (primary N) is 1. The first-order valence-electron chi connectivity index (χ1n) is 7.41. The molecule has 2 aliphatic rings. The molecule has 17 heavy (non-hydrogen) atoms. The Balaban J connectivity index is 1.67. The Morgan fingerprint density at radius 1 is 1.00 bits per heavy atom. The lowest BCUT2D eigenvalue weighted by Gasteiger charge is -2.27. The molecule has 0 unspecified atom stereocenters. The normalized spacial score (nSPS) is 24.0. The van der Waals surface area contributed by atoms with Crippen LogP contribution < -0.4 is 5.73 Å². The summed E-state index contributed by atoms with van der Waals surface area (Å²) in [5.74, 6) is 1.71. The minimum absolute atomic E-state index is 0.792. The van der Waals surface area contributed by atoms with Crippen molar-refractivity contribution < 1.29 is 0 Å². The third kappa shape index (κ3) is 4.21. The number of likely N-dealkylation sites (tertiary alicyclic amines) is 1. The quantitative estimate of drug-likeness (QED) is 0.606. The molecule has 0 aromatic rings. The molecule has 1 heterocycles. The molecule has 2 rings (SSSR count). The van der Waals surface area contributed by atoms with Gasteiger partial charge in [-0.1, -0.05) is 32.1 Å². The highest BCUT2D eigenvalue weighted by Gasteiger charge is 2.14. The number of nitrogens with zero attached hydrogens (tertiary/aromatic N) is 2. The monoisotopic (exact) mass is 237 g/mol. The predicted octanol–water partition coefficient (Wildman–Crippen LogP) is 2.76. The van der Waals surface area contributed by atoms with Gasteiger partial charge in [-0.2, -0.15) is 0 Å². The van der Waals surface area contributed by atoms with Crippen molar-refractivity contribution >= 4 is 5.96 Å². The summed E-state index contributed by atoms with van der Waals surface area (Å²) in [6.07, 6.45) is 12.3. The molecular formula is C14H27N3. The number of aliphatic imine (C=N–C) groups is 1. The summed E-state index contributed by atoms with van der Waals surface area (Å²) in [5, 5.41) is 0. The van der Waals surface area contributed by atoms with E-state index in [2.05, 4.69) is 9.89 Å². The molecule has 98 valence electrons. The molecule has 0 atom stereocenters. The van der Waals surface area contributed by atoms with Crippen LogP contribution in [0.4, 0.5) is 0 Å². The van der Waals surface area contributed by atoms with Gasteiger partial charge in [-0.05, 0) is 31.6 Å². The van der Waals surface area contributed by atoms with Gasteiger partial charge in [0.25, 0.3) is 0 Å². The number of guanidine groups is 1. The average molecular weight is 237 g/mol. The summed E-state index contributed by atoms with van der Waals surface area (Å²) < 4.78 is 0. The van der Waals surface area contributed by atoms with E-state index in [1.54, 1.807) is 0 Å². The van der Waals surface area contributed by atoms with Crippen molar-refractivity contribution in [1.82, 2.24) is 4.90 Å². The lowest BCUT2D eigenvalue weighted by molar-refractivity contribution is 0.331. The molecule has 0 amide bonds. The molecule has 2 fully saturated rings. The van der Waals surface area contributed by atoms with Crippen LogP contribution in [-0.4, -0.2) is 30.5 Å². The number of hydrogen-bond acceptors (Lipinski definition) is 1. The number of rotatable bonds is 3. The van der Waals surface area contributed by atoms with E-state index in [9.17, 15) is 0 Å². The Morgan fingerprint density at radius 3 is 2.35 bits per heavy atom. The molecule has 1 aliphatic carbocycles. The fraction of sp³-hybridized carbons (Fsp3) is 0.929. The van der Waals surface area contributed by atoms with E-state index >= 15 is 0 Å². The third-order valence-corrected chi connectivity index (χ3v) is 4.22. The molecule has 0 spiro atoms. The molecule has 0 aromatic heterocycles. The van der Waals surface area contributed by atoms with Gasteiger partial charge < -0.3 is 10.6 Å². The summed E-state index contributed by atoms with van der Waals surface area (Å²) >= 11 is 0. The van der Waals surface area contributed by atoms with Crippen LogP contribution in [0.2, 0.25) is 0 Å². The topological polar surface area (TPSA) is 41.6 Å². The molecule has 0 radical (unpaired) electrons. The molecule has 1 saturated heterocycles. The van der Waals surface area contributed by atoms with Crippen LogP contribution in [0, 0.1) is 5.92 Å². The zero-order chi connectivity index (χ0) is 11.9. The van der Waals surface area contributed by atoms with Crippen LogP contribution in [0.3, 0.4) is 0 Å². The Bertz CT molecular complexity index is 238. The lowest BCUT2D eigenvalue weighted by atomic mass is 9.87. The van der Waals surface area contributed by atoms with Gasteiger partial charge in [-0.3, -0.25) is 4.99 Å². The second kappa shape index (κ2) is 6.87. The van der Waals surface area contributed by atoms with Gasteiger partial charge in [-0.25, -0.2) is 0 Å².